The smallest absolute Gasteiger partial charge is 0.320 e. The van der Waals surface area contributed by atoms with Gasteiger partial charge in [-0.25, -0.2) is 0 Å². The minimum absolute atomic E-state index is 0.210. The largest absolute Gasteiger partial charge is 0.506 e. The molecular weight excluding hydrogens is 672 g/mol. The average molecular weight is 683 g/mol. The van der Waals surface area contributed by atoms with E-state index < -0.39 is 12.0 Å². The monoisotopic (exact) mass is 681 g/mol. The van der Waals surface area contributed by atoms with Crippen LogP contribution in [-0.2, 0) is 11.2 Å². The number of carbonyl (C=O) groups is 1. The summed E-state index contributed by atoms with van der Waals surface area (Å²) in [5.41, 5.74) is 6.34. The van der Waals surface area contributed by atoms with Crippen molar-refractivity contribution in [1.82, 2.24) is 0 Å². The second kappa shape index (κ2) is 8.52. The number of rotatable bonds is 5. The van der Waals surface area contributed by atoms with Gasteiger partial charge in [-0.15, -0.1) is 0 Å². The van der Waals surface area contributed by atoms with Crippen LogP contribution in [0, 0.1) is 7.14 Å². The molecule has 0 aliphatic carbocycles. The number of phenols is 1. The molecule has 4 N–H and O–H groups in total. The first-order chi connectivity index (χ1) is 11.2. The minimum atomic E-state index is -1.05. The fourth-order valence-electron chi connectivity index (χ4n) is 1.89. The van der Waals surface area contributed by atoms with Gasteiger partial charge in [0.05, 0.1) is 16.1 Å². The Bertz CT molecular complexity index is 755. The van der Waals surface area contributed by atoms with E-state index >= 15 is 0 Å². The van der Waals surface area contributed by atoms with Gasteiger partial charge < -0.3 is 20.7 Å². The molecular formula is C15H11Br2I2NO4. The van der Waals surface area contributed by atoms with Gasteiger partial charge in [-0.3, -0.25) is 4.79 Å². The molecule has 0 amide bonds. The summed E-state index contributed by atoms with van der Waals surface area (Å²) in [6, 6.07) is 6.05. The Morgan fingerprint density at radius 2 is 1.67 bits per heavy atom. The van der Waals surface area contributed by atoms with E-state index in [0.717, 1.165) is 5.56 Å². The van der Waals surface area contributed by atoms with Crippen LogP contribution in [0.15, 0.2) is 33.2 Å². The lowest BCUT2D eigenvalue weighted by Gasteiger charge is -2.14. The van der Waals surface area contributed by atoms with Crippen LogP contribution in [0.1, 0.15) is 5.56 Å². The van der Waals surface area contributed by atoms with E-state index in [0.29, 0.717) is 27.6 Å². The molecule has 0 saturated heterocycles. The van der Waals surface area contributed by atoms with Crippen molar-refractivity contribution >= 4 is 83.0 Å². The van der Waals surface area contributed by atoms with E-state index in [1.807, 2.05) is 45.2 Å². The summed E-state index contributed by atoms with van der Waals surface area (Å²) in [6.07, 6.45) is 0.210. The second-order valence-corrected chi connectivity index (χ2v) is 8.91. The Hall–Kier alpha value is -0.110. The fourth-order valence-corrected chi connectivity index (χ4v) is 5.04. The maximum absolute atomic E-state index is 10.9. The quantitative estimate of drug-likeness (QED) is 0.392. The molecule has 0 bridgehead atoms. The van der Waals surface area contributed by atoms with Crippen LogP contribution in [-0.4, -0.2) is 22.2 Å². The van der Waals surface area contributed by atoms with Crippen LogP contribution >= 0.6 is 77.0 Å². The Balaban J connectivity index is 2.30. The topological polar surface area (TPSA) is 92.8 Å². The third-order valence-corrected chi connectivity index (χ3v) is 5.86. The van der Waals surface area contributed by atoms with E-state index in [9.17, 15) is 9.90 Å². The van der Waals surface area contributed by atoms with Crippen molar-refractivity contribution in [3.05, 3.63) is 45.9 Å². The number of nitrogens with two attached hydrogens (primary N) is 1. The molecule has 24 heavy (non-hydrogen) atoms. The lowest BCUT2D eigenvalue weighted by Crippen LogP contribution is -2.32. The predicted octanol–water partition coefficient (Wildman–Crippen LogP) is 4.87. The average Bonchev–Trinajstić information content (AvgIpc) is 2.48. The van der Waals surface area contributed by atoms with Gasteiger partial charge in [-0.2, -0.15) is 0 Å². The molecule has 0 heterocycles. The number of hydrogen-bond acceptors (Lipinski definition) is 4. The molecule has 2 aromatic rings. The van der Waals surface area contributed by atoms with Gasteiger partial charge >= 0.3 is 5.97 Å². The molecule has 2 aromatic carbocycles. The highest BCUT2D eigenvalue weighted by atomic mass is 127. The van der Waals surface area contributed by atoms with Crippen molar-refractivity contribution in [2.24, 2.45) is 5.73 Å². The van der Waals surface area contributed by atoms with Gasteiger partial charge in [0.1, 0.15) is 17.5 Å². The van der Waals surface area contributed by atoms with Crippen molar-refractivity contribution in [3.63, 3.8) is 0 Å². The highest BCUT2D eigenvalue weighted by molar-refractivity contribution is 14.1. The minimum Gasteiger partial charge on any atom is -0.506 e. The zero-order valence-electron chi connectivity index (χ0n) is 11.9. The van der Waals surface area contributed by atoms with Crippen LogP contribution in [0.4, 0.5) is 0 Å². The second-order valence-electron chi connectivity index (χ2n) is 4.88. The standard InChI is InChI=1S/C15H11Br2I2NO4/c16-8-1-6(3-12(20)15(22)23)2-9(17)14(8)24-7-4-10(18)13(21)11(19)5-7/h1-2,4-5,12,21H,3,20H2,(H,22,23)/t12-/m0/s1. The predicted molar refractivity (Wildman–Crippen MR) is 115 cm³/mol. The lowest BCUT2D eigenvalue weighted by molar-refractivity contribution is -0.138. The zero-order chi connectivity index (χ0) is 18.0. The number of carboxylic acid groups (broad SMARTS) is 1. The number of halogens is 4. The zero-order valence-corrected chi connectivity index (χ0v) is 19.4. The van der Waals surface area contributed by atoms with Crippen molar-refractivity contribution in [2.75, 3.05) is 0 Å². The SMILES string of the molecule is N[C@@H](Cc1cc(Br)c(Oc2cc(I)c(O)c(I)c2)c(Br)c1)C(=O)O. The number of aliphatic carboxylic acids is 1. The van der Waals surface area contributed by atoms with Crippen molar-refractivity contribution in [3.8, 4) is 17.2 Å². The Labute approximate surface area is 182 Å². The Morgan fingerprint density at radius 1 is 1.17 bits per heavy atom. The number of ether oxygens (including phenoxy) is 1. The summed E-state index contributed by atoms with van der Waals surface area (Å²) in [5.74, 6) is 0.313. The molecule has 0 aliphatic rings. The van der Waals surface area contributed by atoms with Crippen molar-refractivity contribution < 1.29 is 19.7 Å². The third-order valence-electron chi connectivity index (χ3n) is 3.04. The molecule has 1 atom stereocenters. The summed E-state index contributed by atoms with van der Waals surface area (Å²) < 4.78 is 8.61. The molecule has 0 aliphatic heterocycles. The van der Waals surface area contributed by atoms with Crippen LogP contribution in [0.2, 0.25) is 0 Å². The first kappa shape index (κ1) is 20.2. The van der Waals surface area contributed by atoms with E-state index in [-0.39, 0.29) is 12.2 Å². The molecule has 2 rings (SSSR count). The van der Waals surface area contributed by atoms with Gasteiger partial charge in [0, 0.05) is 0 Å². The van der Waals surface area contributed by atoms with E-state index in [4.69, 9.17) is 15.6 Å². The maximum atomic E-state index is 10.9. The molecule has 0 fully saturated rings. The molecule has 0 saturated carbocycles. The van der Waals surface area contributed by atoms with Gasteiger partial charge in [0.15, 0.2) is 5.75 Å². The first-order valence-electron chi connectivity index (χ1n) is 6.51. The van der Waals surface area contributed by atoms with Gasteiger partial charge in [-0.05, 0) is 113 Å². The van der Waals surface area contributed by atoms with E-state index in [1.54, 1.807) is 24.3 Å². The molecule has 0 aromatic heterocycles. The number of benzene rings is 2. The van der Waals surface area contributed by atoms with Crippen molar-refractivity contribution in [2.45, 2.75) is 12.5 Å². The summed E-state index contributed by atoms with van der Waals surface area (Å²) >= 11 is 10.9. The fraction of sp³-hybridized carbons (Fsp3) is 0.133. The van der Waals surface area contributed by atoms with Gasteiger partial charge in [0.25, 0.3) is 0 Å². The summed E-state index contributed by atoms with van der Waals surface area (Å²) in [7, 11) is 0. The third kappa shape index (κ3) is 4.96. The van der Waals surface area contributed by atoms with Crippen molar-refractivity contribution in [1.29, 1.82) is 0 Å². The first-order valence-corrected chi connectivity index (χ1v) is 10.3. The molecule has 5 nitrogen and oxygen atoms in total. The molecule has 0 unspecified atom stereocenters. The summed E-state index contributed by atoms with van der Waals surface area (Å²) in [5, 5.41) is 18.7. The van der Waals surface area contributed by atoms with Crippen LogP contribution in [0.5, 0.6) is 17.2 Å². The molecule has 128 valence electrons. The normalized spacial score (nSPS) is 12.0. The molecule has 0 spiro atoms. The van der Waals surface area contributed by atoms with E-state index in [2.05, 4.69) is 31.9 Å². The Kier molecular flexibility index (Phi) is 7.17. The molecule has 0 radical (unpaired) electrons. The maximum Gasteiger partial charge on any atom is 0.320 e. The number of carboxylic acids is 1. The summed E-state index contributed by atoms with van der Waals surface area (Å²) in [6.45, 7) is 0. The van der Waals surface area contributed by atoms with E-state index in [1.165, 1.54) is 0 Å². The number of phenolic OH excluding ortho intramolecular Hbond substituents is 1. The summed E-state index contributed by atoms with van der Waals surface area (Å²) in [4.78, 5) is 10.9. The highest BCUT2D eigenvalue weighted by Crippen LogP contribution is 2.40. The highest BCUT2D eigenvalue weighted by Gasteiger charge is 2.16. The van der Waals surface area contributed by atoms with Gasteiger partial charge in [-0.1, -0.05) is 0 Å². The van der Waals surface area contributed by atoms with Crippen LogP contribution < -0.4 is 10.5 Å². The van der Waals surface area contributed by atoms with Gasteiger partial charge in [0.2, 0.25) is 0 Å². The van der Waals surface area contributed by atoms with Crippen LogP contribution in [0.25, 0.3) is 0 Å². The number of hydrogen-bond donors (Lipinski definition) is 3. The lowest BCUT2D eigenvalue weighted by atomic mass is 10.1. The molecule has 9 heteroatoms. The Morgan fingerprint density at radius 3 is 2.12 bits per heavy atom. The van der Waals surface area contributed by atoms with Crippen LogP contribution in [0.3, 0.4) is 0 Å². The number of aromatic hydroxyl groups is 1.